The van der Waals surface area contributed by atoms with E-state index < -0.39 is 63.8 Å². The van der Waals surface area contributed by atoms with Crippen molar-refractivity contribution in [1.82, 2.24) is 14.0 Å². The van der Waals surface area contributed by atoms with Gasteiger partial charge >= 0.3 is 0 Å². The molecular formula is C37H30F4N4O4. The van der Waals surface area contributed by atoms with Gasteiger partial charge in [-0.2, -0.15) is 0 Å². The van der Waals surface area contributed by atoms with Gasteiger partial charge in [0.15, 0.2) is 0 Å². The quantitative estimate of drug-likeness (QED) is 0.0949. The molecule has 250 valence electrons. The van der Waals surface area contributed by atoms with Crippen molar-refractivity contribution < 1.29 is 32.3 Å². The van der Waals surface area contributed by atoms with E-state index in [1.54, 1.807) is 6.07 Å². The van der Waals surface area contributed by atoms with Gasteiger partial charge in [-0.15, -0.1) is 0 Å². The van der Waals surface area contributed by atoms with E-state index in [0.29, 0.717) is 31.3 Å². The number of nitrogens with zero attached hydrogens (tertiary/aromatic N) is 4. The molecule has 0 atom stereocenters. The Hall–Kier alpha value is -5.91. The van der Waals surface area contributed by atoms with Gasteiger partial charge in [-0.05, 0) is 54.1 Å². The number of halogens is 4. The van der Waals surface area contributed by atoms with E-state index in [-0.39, 0.29) is 30.8 Å². The predicted octanol–water partition coefficient (Wildman–Crippen LogP) is 5.65. The van der Waals surface area contributed by atoms with Crippen LogP contribution in [0.3, 0.4) is 0 Å². The second kappa shape index (κ2) is 14.1. The first-order valence-electron chi connectivity index (χ1n) is 15.4. The molecule has 5 aromatic rings. The number of aliphatic hydroxyl groups is 1. The van der Waals surface area contributed by atoms with Gasteiger partial charge in [-0.25, -0.2) is 17.6 Å². The Balaban J connectivity index is 1.21. The number of hydrogen-bond donors (Lipinski definition) is 1. The lowest BCUT2D eigenvalue weighted by molar-refractivity contribution is -0.142. The summed E-state index contributed by atoms with van der Waals surface area (Å²) < 4.78 is 60.0. The summed E-state index contributed by atoms with van der Waals surface area (Å²) in [5.41, 5.74) is 0.347. The summed E-state index contributed by atoms with van der Waals surface area (Å²) in [6.45, 7) is 1.06. The average Bonchev–Trinajstić information content (AvgIpc) is 3.64. The molecule has 1 amide bonds. The zero-order valence-corrected chi connectivity index (χ0v) is 26.0. The van der Waals surface area contributed by atoms with Crippen LogP contribution in [0.5, 0.6) is 0 Å². The number of amides is 1. The number of benzene rings is 3. The SMILES string of the molecule is O=C(C=C(O)c1cc(Cc2c(F)cc(F)cc2F)cn(Cc2ccccc2F)c1=O)C(=O)N1CCN(c2ccc(-n3cccc3)cc2)CC1. The number of anilines is 1. The van der Waals surface area contributed by atoms with Crippen LogP contribution in [0.25, 0.3) is 11.4 Å². The molecule has 0 aliphatic carbocycles. The van der Waals surface area contributed by atoms with Crippen LogP contribution in [-0.2, 0) is 22.6 Å². The Morgan fingerprint density at radius 3 is 2.06 bits per heavy atom. The molecule has 1 fully saturated rings. The standard InChI is InChI=1S/C37H30F4N4O4/c38-26-19-32(40)29(33(41)20-26)17-24-18-30(36(48)45(22-24)23-25-5-1-2-6-31(25)39)34(46)21-35(47)37(49)44-15-13-43(14-16-44)28-9-7-27(8-10-28)42-11-3-4-12-42/h1-12,18-22,46H,13-17,23H2. The van der Waals surface area contributed by atoms with Gasteiger partial charge in [0, 0.05) is 91.9 Å². The lowest BCUT2D eigenvalue weighted by Gasteiger charge is -2.35. The fourth-order valence-electron chi connectivity index (χ4n) is 5.78. The highest BCUT2D eigenvalue weighted by atomic mass is 19.1. The summed E-state index contributed by atoms with van der Waals surface area (Å²) in [7, 11) is 0. The predicted molar refractivity (Wildman–Crippen MR) is 176 cm³/mol. The highest BCUT2D eigenvalue weighted by Crippen LogP contribution is 2.22. The zero-order chi connectivity index (χ0) is 34.7. The van der Waals surface area contributed by atoms with E-state index in [0.717, 1.165) is 22.0 Å². The fraction of sp³-hybridized carbons (Fsp3) is 0.162. The summed E-state index contributed by atoms with van der Waals surface area (Å²) >= 11 is 0. The Morgan fingerprint density at radius 1 is 0.776 bits per heavy atom. The molecule has 1 aliphatic rings. The fourth-order valence-corrected chi connectivity index (χ4v) is 5.78. The van der Waals surface area contributed by atoms with Gasteiger partial charge in [0.2, 0.25) is 5.78 Å². The summed E-state index contributed by atoms with van der Waals surface area (Å²) in [5.74, 6) is -6.88. The largest absolute Gasteiger partial charge is 0.507 e. The molecular weight excluding hydrogens is 640 g/mol. The van der Waals surface area contributed by atoms with Crippen LogP contribution in [0.2, 0.25) is 0 Å². The molecule has 12 heteroatoms. The molecule has 2 aromatic heterocycles. The third kappa shape index (κ3) is 7.33. The van der Waals surface area contributed by atoms with E-state index in [2.05, 4.69) is 4.90 Å². The molecule has 0 bridgehead atoms. The number of aromatic nitrogens is 2. The van der Waals surface area contributed by atoms with E-state index >= 15 is 0 Å². The minimum absolute atomic E-state index is 0.0894. The third-order valence-corrected chi connectivity index (χ3v) is 8.37. The van der Waals surface area contributed by atoms with Crippen LogP contribution in [-0.4, -0.2) is 57.0 Å². The van der Waals surface area contributed by atoms with Crippen LogP contribution in [0.15, 0.2) is 108 Å². The Labute approximate surface area is 278 Å². The number of pyridine rings is 1. The molecule has 0 spiro atoms. The van der Waals surface area contributed by atoms with Crippen molar-refractivity contribution in [2.24, 2.45) is 0 Å². The van der Waals surface area contributed by atoms with Gasteiger partial charge in [0.1, 0.15) is 29.0 Å². The van der Waals surface area contributed by atoms with E-state index in [4.69, 9.17) is 0 Å². The summed E-state index contributed by atoms with van der Waals surface area (Å²) in [5, 5.41) is 11.0. The molecule has 1 saturated heterocycles. The molecule has 3 aromatic carbocycles. The van der Waals surface area contributed by atoms with Crippen LogP contribution in [0, 0.1) is 23.3 Å². The van der Waals surface area contributed by atoms with Crippen molar-refractivity contribution in [3.63, 3.8) is 0 Å². The average molecular weight is 671 g/mol. The lowest BCUT2D eigenvalue weighted by Crippen LogP contribution is -2.50. The minimum atomic E-state index is -1.17. The summed E-state index contributed by atoms with van der Waals surface area (Å²) in [4.78, 5) is 43.0. The topological polar surface area (TPSA) is 87.8 Å². The van der Waals surface area contributed by atoms with Crippen molar-refractivity contribution in [2.45, 2.75) is 13.0 Å². The number of ketones is 1. The van der Waals surface area contributed by atoms with E-state index in [1.165, 1.54) is 29.3 Å². The van der Waals surface area contributed by atoms with Crippen molar-refractivity contribution in [3.8, 4) is 5.69 Å². The van der Waals surface area contributed by atoms with Crippen molar-refractivity contribution in [1.29, 1.82) is 0 Å². The van der Waals surface area contributed by atoms with Gasteiger partial charge < -0.3 is 24.0 Å². The Kier molecular flexibility index (Phi) is 9.47. The second-order valence-electron chi connectivity index (χ2n) is 11.6. The van der Waals surface area contributed by atoms with Crippen molar-refractivity contribution in [3.05, 3.63) is 159 Å². The van der Waals surface area contributed by atoms with E-state index in [1.807, 2.05) is 53.4 Å². The zero-order valence-electron chi connectivity index (χ0n) is 26.0. The highest BCUT2D eigenvalue weighted by molar-refractivity contribution is 6.41. The van der Waals surface area contributed by atoms with Crippen molar-refractivity contribution >= 4 is 23.1 Å². The minimum Gasteiger partial charge on any atom is -0.507 e. The molecule has 6 rings (SSSR count). The first-order valence-corrected chi connectivity index (χ1v) is 15.4. The number of carbonyl (C=O) groups excluding carboxylic acids is 2. The maximum Gasteiger partial charge on any atom is 0.294 e. The number of aliphatic hydroxyl groups excluding tert-OH is 1. The first kappa shape index (κ1) is 33.0. The smallest absolute Gasteiger partial charge is 0.294 e. The molecule has 1 aliphatic heterocycles. The molecule has 49 heavy (non-hydrogen) atoms. The molecule has 8 nitrogen and oxygen atoms in total. The number of piperazine rings is 1. The first-order chi connectivity index (χ1) is 23.6. The maximum atomic E-state index is 14.5. The molecule has 1 N–H and O–H groups in total. The monoisotopic (exact) mass is 670 g/mol. The third-order valence-electron chi connectivity index (χ3n) is 8.37. The lowest BCUT2D eigenvalue weighted by atomic mass is 10.0. The van der Waals surface area contributed by atoms with Crippen molar-refractivity contribution in [2.75, 3.05) is 31.1 Å². The molecule has 0 unspecified atom stereocenters. The number of rotatable bonds is 9. The summed E-state index contributed by atoms with van der Waals surface area (Å²) in [6.07, 6.45) is 5.27. The normalized spacial score (nSPS) is 13.5. The molecule has 3 heterocycles. The van der Waals surface area contributed by atoms with Gasteiger partial charge in [-0.3, -0.25) is 14.4 Å². The number of carbonyl (C=O) groups is 2. The maximum absolute atomic E-state index is 14.5. The van der Waals surface area contributed by atoms with Gasteiger partial charge in [0.05, 0.1) is 12.1 Å². The second-order valence-corrected chi connectivity index (χ2v) is 11.6. The Morgan fingerprint density at radius 2 is 1.41 bits per heavy atom. The van der Waals surface area contributed by atoms with Crippen LogP contribution >= 0.6 is 0 Å². The van der Waals surface area contributed by atoms with Gasteiger partial charge in [-0.1, -0.05) is 18.2 Å². The van der Waals surface area contributed by atoms with Crippen LogP contribution in [0.4, 0.5) is 23.2 Å². The summed E-state index contributed by atoms with van der Waals surface area (Å²) in [6, 6.07) is 19.6. The molecule has 0 radical (unpaired) electrons. The Bertz CT molecular complexity index is 2080. The number of hydrogen-bond acceptors (Lipinski definition) is 5. The van der Waals surface area contributed by atoms with Crippen LogP contribution < -0.4 is 10.5 Å². The van der Waals surface area contributed by atoms with Crippen LogP contribution in [0.1, 0.15) is 22.3 Å². The molecule has 0 saturated carbocycles. The highest BCUT2D eigenvalue weighted by Gasteiger charge is 2.26. The van der Waals surface area contributed by atoms with Gasteiger partial charge in [0.25, 0.3) is 11.5 Å². The van der Waals surface area contributed by atoms with E-state index in [9.17, 15) is 37.1 Å².